The van der Waals surface area contributed by atoms with Crippen LogP contribution in [0.4, 0.5) is 5.69 Å². The standard InChI is InChI=1S/C18H18N2O6/c1-25-13-8-9-16(20(23)24)14(11-13)17(21)19-15(18(22)26-2)10-12-6-4-3-5-7-12/h3-9,11,15H,10H2,1-2H3,(H,19,21). The highest BCUT2D eigenvalue weighted by Crippen LogP contribution is 2.24. The monoisotopic (exact) mass is 358 g/mol. The van der Waals surface area contributed by atoms with Crippen LogP contribution in [-0.4, -0.2) is 37.1 Å². The first-order chi connectivity index (χ1) is 12.5. The second kappa shape index (κ2) is 8.61. The molecule has 2 aromatic rings. The molecule has 1 amide bonds. The van der Waals surface area contributed by atoms with Crippen LogP contribution >= 0.6 is 0 Å². The van der Waals surface area contributed by atoms with E-state index in [0.29, 0.717) is 5.75 Å². The SMILES string of the molecule is COC(=O)C(Cc1ccccc1)NC(=O)c1cc(OC)ccc1[N+](=O)[O-]. The van der Waals surface area contributed by atoms with Gasteiger partial charge in [-0.3, -0.25) is 14.9 Å². The van der Waals surface area contributed by atoms with Gasteiger partial charge in [-0.1, -0.05) is 30.3 Å². The minimum absolute atomic E-state index is 0.191. The maximum Gasteiger partial charge on any atom is 0.328 e. The molecule has 0 aliphatic carbocycles. The van der Waals surface area contributed by atoms with Crippen LogP contribution in [0.15, 0.2) is 48.5 Å². The first kappa shape index (κ1) is 18.9. The molecule has 2 aromatic carbocycles. The Bertz CT molecular complexity index is 807. The number of carbonyl (C=O) groups is 2. The largest absolute Gasteiger partial charge is 0.497 e. The molecular weight excluding hydrogens is 340 g/mol. The maximum atomic E-state index is 12.6. The first-order valence-electron chi connectivity index (χ1n) is 7.71. The molecular formula is C18H18N2O6. The lowest BCUT2D eigenvalue weighted by atomic mass is 10.0. The number of nitro benzene ring substituents is 1. The molecule has 2 rings (SSSR count). The van der Waals surface area contributed by atoms with Gasteiger partial charge in [0, 0.05) is 12.5 Å². The van der Waals surface area contributed by atoms with Crippen molar-refractivity contribution in [3.63, 3.8) is 0 Å². The number of esters is 1. The zero-order valence-electron chi connectivity index (χ0n) is 14.3. The van der Waals surface area contributed by atoms with E-state index in [1.165, 1.54) is 32.4 Å². The molecule has 0 bridgehead atoms. The highest BCUT2D eigenvalue weighted by Gasteiger charge is 2.27. The van der Waals surface area contributed by atoms with E-state index in [0.717, 1.165) is 5.56 Å². The quantitative estimate of drug-likeness (QED) is 0.461. The summed E-state index contributed by atoms with van der Waals surface area (Å²) < 4.78 is 9.75. The van der Waals surface area contributed by atoms with Crippen LogP contribution in [0.3, 0.4) is 0 Å². The molecule has 0 fully saturated rings. The highest BCUT2D eigenvalue weighted by molar-refractivity contribution is 6.00. The molecule has 0 aromatic heterocycles. The number of nitrogens with one attached hydrogen (secondary N) is 1. The molecule has 1 atom stereocenters. The number of nitrogens with zero attached hydrogens (tertiary/aromatic N) is 1. The molecule has 0 aliphatic rings. The van der Waals surface area contributed by atoms with E-state index in [1.807, 2.05) is 6.07 Å². The Morgan fingerprint density at radius 2 is 1.85 bits per heavy atom. The van der Waals surface area contributed by atoms with Crippen LogP contribution in [-0.2, 0) is 16.0 Å². The van der Waals surface area contributed by atoms with Crippen molar-refractivity contribution >= 4 is 17.6 Å². The van der Waals surface area contributed by atoms with E-state index in [4.69, 9.17) is 9.47 Å². The lowest BCUT2D eigenvalue weighted by Gasteiger charge is -2.17. The minimum Gasteiger partial charge on any atom is -0.497 e. The summed E-state index contributed by atoms with van der Waals surface area (Å²) in [7, 11) is 2.59. The summed E-state index contributed by atoms with van der Waals surface area (Å²) in [5.74, 6) is -1.12. The van der Waals surface area contributed by atoms with Crippen LogP contribution in [0.5, 0.6) is 5.75 Å². The number of nitro groups is 1. The van der Waals surface area contributed by atoms with Crippen LogP contribution in [0.2, 0.25) is 0 Å². The second-order valence-electron chi connectivity index (χ2n) is 5.38. The zero-order chi connectivity index (χ0) is 19.1. The predicted octanol–water partition coefficient (Wildman–Crippen LogP) is 2.12. The summed E-state index contributed by atoms with van der Waals surface area (Å²) in [6.45, 7) is 0. The van der Waals surface area contributed by atoms with Crippen molar-refractivity contribution in [2.75, 3.05) is 14.2 Å². The molecule has 0 heterocycles. The Balaban J connectivity index is 2.29. The van der Waals surface area contributed by atoms with Crippen molar-refractivity contribution in [2.24, 2.45) is 0 Å². The number of benzene rings is 2. The van der Waals surface area contributed by atoms with Crippen molar-refractivity contribution in [1.82, 2.24) is 5.32 Å². The van der Waals surface area contributed by atoms with Crippen molar-refractivity contribution in [1.29, 1.82) is 0 Å². The average Bonchev–Trinajstić information content (AvgIpc) is 2.66. The second-order valence-corrected chi connectivity index (χ2v) is 5.38. The molecule has 0 aliphatic heterocycles. The van der Waals surface area contributed by atoms with E-state index in [-0.39, 0.29) is 17.7 Å². The van der Waals surface area contributed by atoms with Gasteiger partial charge in [-0.2, -0.15) is 0 Å². The molecule has 26 heavy (non-hydrogen) atoms. The summed E-state index contributed by atoms with van der Waals surface area (Å²) in [5, 5.41) is 13.7. The van der Waals surface area contributed by atoms with Gasteiger partial charge in [0.05, 0.1) is 19.1 Å². The summed E-state index contributed by atoms with van der Waals surface area (Å²) >= 11 is 0. The van der Waals surface area contributed by atoms with Crippen LogP contribution in [0, 0.1) is 10.1 Å². The fourth-order valence-electron chi connectivity index (χ4n) is 2.40. The molecule has 0 saturated heterocycles. The Morgan fingerprint density at radius 3 is 2.42 bits per heavy atom. The number of methoxy groups -OCH3 is 2. The fraction of sp³-hybridized carbons (Fsp3) is 0.222. The number of hydrogen-bond donors (Lipinski definition) is 1. The van der Waals surface area contributed by atoms with Gasteiger partial charge >= 0.3 is 5.97 Å². The summed E-state index contributed by atoms with van der Waals surface area (Å²) in [6, 6.07) is 11.9. The summed E-state index contributed by atoms with van der Waals surface area (Å²) in [5.41, 5.74) is 0.228. The molecule has 8 heteroatoms. The van der Waals surface area contributed by atoms with Crippen molar-refractivity contribution < 1.29 is 24.0 Å². The topological polar surface area (TPSA) is 108 Å². The average molecular weight is 358 g/mol. The van der Waals surface area contributed by atoms with Gasteiger partial charge in [0.25, 0.3) is 11.6 Å². The lowest BCUT2D eigenvalue weighted by molar-refractivity contribution is -0.385. The molecule has 136 valence electrons. The Hall–Kier alpha value is -3.42. The normalized spacial score (nSPS) is 11.3. The van der Waals surface area contributed by atoms with E-state index < -0.39 is 22.8 Å². The molecule has 0 spiro atoms. The third-order valence-corrected chi connectivity index (χ3v) is 3.72. The van der Waals surface area contributed by atoms with Gasteiger partial charge in [-0.25, -0.2) is 4.79 Å². The van der Waals surface area contributed by atoms with Gasteiger partial charge in [0.1, 0.15) is 17.4 Å². The number of amides is 1. The third-order valence-electron chi connectivity index (χ3n) is 3.72. The van der Waals surface area contributed by atoms with E-state index in [1.54, 1.807) is 24.3 Å². The predicted molar refractivity (Wildman–Crippen MR) is 93.1 cm³/mol. The molecule has 1 N–H and O–H groups in total. The first-order valence-corrected chi connectivity index (χ1v) is 7.71. The van der Waals surface area contributed by atoms with E-state index in [9.17, 15) is 19.7 Å². The third kappa shape index (κ3) is 4.56. The molecule has 0 saturated carbocycles. The van der Waals surface area contributed by atoms with Crippen molar-refractivity contribution in [3.8, 4) is 5.75 Å². The smallest absolute Gasteiger partial charge is 0.328 e. The maximum absolute atomic E-state index is 12.6. The fourth-order valence-corrected chi connectivity index (χ4v) is 2.40. The van der Waals surface area contributed by atoms with Crippen molar-refractivity contribution in [2.45, 2.75) is 12.5 Å². The Labute approximate surface area is 149 Å². The molecule has 0 radical (unpaired) electrons. The van der Waals surface area contributed by atoms with E-state index >= 15 is 0 Å². The number of hydrogen-bond acceptors (Lipinski definition) is 6. The minimum atomic E-state index is -0.985. The van der Waals surface area contributed by atoms with Gasteiger partial charge in [0.2, 0.25) is 0 Å². The highest BCUT2D eigenvalue weighted by atomic mass is 16.6. The zero-order valence-corrected chi connectivity index (χ0v) is 14.3. The molecule has 8 nitrogen and oxygen atoms in total. The molecule has 1 unspecified atom stereocenters. The summed E-state index contributed by atoms with van der Waals surface area (Å²) in [4.78, 5) is 35.1. The summed E-state index contributed by atoms with van der Waals surface area (Å²) in [6.07, 6.45) is 0.191. The van der Waals surface area contributed by atoms with Gasteiger partial charge in [0.15, 0.2) is 0 Å². The van der Waals surface area contributed by atoms with Crippen LogP contribution in [0.25, 0.3) is 0 Å². The van der Waals surface area contributed by atoms with Crippen molar-refractivity contribution in [3.05, 3.63) is 69.8 Å². The van der Waals surface area contributed by atoms with Gasteiger partial charge < -0.3 is 14.8 Å². The number of ether oxygens (including phenoxy) is 2. The van der Waals surface area contributed by atoms with Crippen LogP contribution in [0.1, 0.15) is 15.9 Å². The Kier molecular flexibility index (Phi) is 6.26. The van der Waals surface area contributed by atoms with E-state index in [2.05, 4.69) is 5.32 Å². The lowest BCUT2D eigenvalue weighted by Crippen LogP contribution is -2.43. The number of carbonyl (C=O) groups excluding carboxylic acids is 2. The Morgan fingerprint density at radius 1 is 1.15 bits per heavy atom. The van der Waals surface area contributed by atoms with Crippen LogP contribution < -0.4 is 10.1 Å². The number of rotatable bonds is 7. The van der Waals surface area contributed by atoms with Gasteiger partial charge in [-0.05, 0) is 17.7 Å². The van der Waals surface area contributed by atoms with Gasteiger partial charge in [-0.15, -0.1) is 0 Å².